The van der Waals surface area contributed by atoms with Gasteiger partial charge in [-0.15, -0.1) is 0 Å². The van der Waals surface area contributed by atoms with Crippen LogP contribution in [-0.4, -0.2) is 10.2 Å². The second kappa shape index (κ2) is 9.49. The van der Waals surface area contributed by atoms with Gasteiger partial charge in [-0.25, -0.2) is 0 Å². The first-order valence-corrected chi connectivity index (χ1v) is 16.5. The van der Waals surface area contributed by atoms with Gasteiger partial charge in [-0.1, -0.05) is 127 Å². The molecule has 4 aliphatic carbocycles. The van der Waals surface area contributed by atoms with E-state index in [4.69, 9.17) is 0 Å². The van der Waals surface area contributed by atoms with Gasteiger partial charge < -0.3 is 10.2 Å². The van der Waals surface area contributed by atoms with Crippen molar-refractivity contribution in [3.05, 3.63) is 194 Å². The fourth-order valence-electron chi connectivity index (χ4n) is 8.18. The maximum absolute atomic E-state index is 13.5. The third kappa shape index (κ3) is 3.71. The Morgan fingerprint density at radius 1 is 0.565 bits per heavy atom. The van der Waals surface area contributed by atoms with E-state index in [9.17, 15) is 10.2 Å². The van der Waals surface area contributed by atoms with Crippen LogP contribution in [0.2, 0.25) is 0 Å². The summed E-state index contributed by atoms with van der Waals surface area (Å²) in [4.78, 5) is 0. The van der Waals surface area contributed by atoms with Gasteiger partial charge in [-0.05, 0) is 109 Å². The number of aliphatic hydroxyl groups is 2. The number of fused-ring (bicyclic) bond motifs is 6. The van der Waals surface area contributed by atoms with E-state index in [0.717, 1.165) is 76.2 Å². The van der Waals surface area contributed by atoms with Crippen LogP contribution in [0.25, 0.3) is 27.6 Å². The molecule has 5 aromatic rings. The Hall–Kier alpha value is -4.54. The van der Waals surface area contributed by atoms with Crippen LogP contribution in [0.3, 0.4) is 0 Å². The molecular formula is C43H31BrO2. The van der Waals surface area contributed by atoms with Crippen LogP contribution in [0.15, 0.2) is 171 Å². The summed E-state index contributed by atoms with van der Waals surface area (Å²) < 4.78 is 0.796. The minimum atomic E-state index is -1.46. The number of hydrogen-bond acceptors (Lipinski definition) is 2. The summed E-state index contributed by atoms with van der Waals surface area (Å²) in [6, 6.07) is 37.4. The van der Waals surface area contributed by atoms with Crippen LogP contribution in [-0.2, 0) is 16.6 Å². The van der Waals surface area contributed by atoms with E-state index in [-0.39, 0.29) is 0 Å². The molecule has 0 spiro atoms. The lowest BCUT2D eigenvalue weighted by atomic mass is 9.59. The summed E-state index contributed by atoms with van der Waals surface area (Å²) in [6.07, 6.45) is 10.4. The van der Waals surface area contributed by atoms with Crippen molar-refractivity contribution < 1.29 is 10.2 Å². The van der Waals surface area contributed by atoms with E-state index in [1.54, 1.807) is 0 Å². The Morgan fingerprint density at radius 3 is 1.89 bits per heavy atom. The number of rotatable bonds is 2. The lowest BCUT2D eigenvalue weighted by Crippen LogP contribution is -2.41. The van der Waals surface area contributed by atoms with Crippen molar-refractivity contribution in [3.63, 3.8) is 0 Å². The molecule has 0 saturated carbocycles. The minimum Gasteiger partial charge on any atom is -0.377 e. The third-order valence-electron chi connectivity index (χ3n) is 10.5. The Labute approximate surface area is 276 Å². The molecule has 0 fully saturated rings. The largest absolute Gasteiger partial charge is 0.377 e. The normalized spacial score (nSPS) is 24.2. The Kier molecular flexibility index (Phi) is 5.73. The molecule has 222 valence electrons. The smallest absolute Gasteiger partial charge is 0.141 e. The zero-order valence-electron chi connectivity index (χ0n) is 25.6. The fourth-order valence-corrected chi connectivity index (χ4v) is 8.76. The monoisotopic (exact) mass is 658 g/mol. The average molecular weight is 660 g/mol. The highest BCUT2D eigenvalue weighted by Gasteiger charge is 2.53. The molecule has 0 amide bonds. The molecule has 0 bridgehead atoms. The summed E-state index contributed by atoms with van der Waals surface area (Å²) >= 11 is 3.73. The molecule has 3 heteroatoms. The van der Waals surface area contributed by atoms with E-state index in [2.05, 4.69) is 133 Å². The molecule has 2 nitrogen and oxygen atoms in total. The van der Waals surface area contributed by atoms with Crippen LogP contribution < -0.4 is 0 Å². The first-order valence-electron chi connectivity index (χ1n) is 15.7. The van der Waals surface area contributed by atoms with Gasteiger partial charge >= 0.3 is 0 Å². The summed E-state index contributed by atoms with van der Waals surface area (Å²) in [5.74, 6) is 0. The van der Waals surface area contributed by atoms with Crippen molar-refractivity contribution in [2.75, 3.05) is 0 Å². The molecule has 5 aromatic carbocycles. The number of hydrogen-bond donors (Lipinski definition) is 2. The second-order valence-corrected chi connectivity index (χ2v) is 14.3. The van der Waals surface area contributed by atoms with Crippen LogP contribution >= 0.6 is 15.9 Å². The van der Waals surface area contributed by atoms with E-state index >= 15 is 0 Å². The van der Waals surface area contributed by atoms with Crippen molar-refractivity contribution in [1.29, 1.82) is 0 Å². The maximum Gasteiger partial charge on any atom is 0.141 e. The number of halogens is 1. The van der Waals surface area contributed by atoms with Gasteiger partial charge in [0.25, 0.3) is 0 Å². The lowest BCUT2D eigenvalue weighted by molar-refractivity contribution is 0.116. The molecule has 9 rings (SSSR count). The average Bonchev–Trinajstić information content (AvgIpc) is 3.45. The van der Waals surface area contributed by atoms with Crippen molar-refractivity contribution >= 4 is 43.6 Å². The molecule has 2 atom stereocenters. The van der Waals surface area contributed by atoms with Crippen molar-refractivity contribution in [1.82, 2.24) is 0 Å². The Morgan fingerprint density at radius 2 is 1.17 bits per heavy atom. The first kappa shape index (κ1) is 27.7. The molecule has 0 heterocycles. The Balaban J connectivity index is 1.37. The fraction of sp³-hybridized carbons (Fsp3) is 0.116. The van der Waals surface area contributed by atoms with Gasteiger partial charge in [0.15, 0.2) is 0 Å². The zero-order valence-corrected chi connectivity index (χ0v) is 27.1. The van der Waals surface area contributed by atoms with E-state index in [1.807, 2.05) is 36.4 Å². The zero-order chi connectivity index (χ0) is 31.4. The van der Waals surface area contributed by atoms with Crippen LogP contribution in [0, 0.1) is 0 Å². The van der Waals surface area contributed by atoms with Crippen LogP contribution in [0.4, 0.5) is 0 Å². The molecular weight excluding hydrogens is 628 g/mol. The SMILES string of the molecule is CC1(C)C2=CC3=C4C(=CC(Br)=CC4(O)c4ccc5ccccc5c4)C=C3C(O)(c3ccc4ccccc4c3)C2=Cc2ccccc21. The van der Waals surface area contributed by atoms with Gasteiger partial charge in [0, 0.05) is 21.0 Å². The highest BCUT2D eigenvalue weighted by atomic mass is 79.9. The highest BCUT2D eigenvalue weighted by Crippen LogP contribution is 2.61. The summed E-state index contributed by atoms with van der Waals surface area (Å²) in [5.41, 5.74) is 5.89. The summed E-state index contributed by atoms with van der Waals surface area (Å²) in [6.45, 7) is 4.48. The van der Waals surface area contributed by atoms with E-state index < -0.39 is 16.6 Å². The minimum absolute atomic E-state index is 0.400. The van der Waals surface area contributed by atoms with Gasteiger partial charge in [0.2, 0.25) is 0 Å². The molecule has 2 N–H and O–H groups in total. The lowest BCUT2D eigenvalue weighted by Gasteiger charge is -2.46. The van der Waals surface area contributed by atoms with Crippen LogP contribution in [0.1, 0.15) is 36.1 Å². The van der Waals surface area contributed by atoms with Gasteiger partial charge in [-0.3, -0.25) is 0 Å². The molecule has 0 radical (unpaired) electrons. The standard InChI is InChI=1S/C43H31BrO2/c1-41(2)36-14-8-7-13-30(36)22-39-38(41)24-35-37(43(39,46)33-18-16-27-10-4-6-12-29(27)20-33)23-31-21-34(44)25-42(45,40(31)35)32-17-15-26-9-3-5-11-28(26)19-32/h3-25,45-46H,1-2H3. The summed E-state index contributed by atoms with van der Waals surface area (Å²) in [5, 5.41) is 30.7. The Bertz CT molecular complexity index is 2380. The number of benzene rings is 5. The molecule has 0 saturated heterocycles. The predicted octanol–water partition coefficient (Wildman–Crippen LogP) is 9.84. The van der Waals surface area contributed by atoms with Crippen molar-refractivity contribution in [2.24, 2.45) is 0 Å². The summed E-state index contributed by atoms with van der Waals surface area (Å²) in [7, 11) is 0. The molecule has 0 aliphatic heterocycles. The number of allylic oxidation sites excluding steroid dienone is 4. The quantitative estimate of drug-likeness (QED) is 0.198. The highest BCUT2D eigenvalue weighted by molar-refractivity contribution is 9.11. The topological polar surface area (TPSA) is 40.5 Å². The van der Waals surface area contributed by atoms with Crippen LogP contribution in [0.5, 0.6) is 0 Å². The van der Waals surface area contributed by atoms with Gasteiger partial charge in [0.1, 0.15) is 11.2 Å². The second-order valence-electron chi connectivity index (χ2n) is 13.4. The van der Waals surface area contributed by atoms with Gasteiger partial charge in [-0.2, -0.15) is 0 Å². The maximum atomic E-state index is 13.5. The van der Waals surface area contributed by atoms with Gasteiger partial charge in [0.05, 0.1) is 0 Å². The predicted molar refractivity (Wildman–Crippen MR) is 191 cm³/mol. The molecule has 46 heavy (non-hydrogen) atoms. The molecule has 2 unspecified atom stereocenters. The first-order chi connectivity index (χ1) is 22.2. The molecule has 4 aliphatic rings. The van der Waals surface area contributed by atoms with Crippen molar-refractivity contribution in [3.8, 4) is 0 Å². The third-order valence-corrected chi connectivity index (χ3v) is 10.9. The van der Waals surface area contributed by atoms with Crippen molar-refractivity contribution in [2.45, 2.75) is 30.5 Å². The molecule has 0 aromatic heterocycles. The van der Waals surface area contributed by atoms with E-state index in [1.165, 1.54) is 5.56 Å². The van der Waals surface area contributed by atoms with E-state index in [0.29, 0.717) is 0 Å².